The molecule has 0 amide bonds. The van der Waals surface area contributed by atoms with Gasteiger partial charge in [0.2, 0.25) is 0 Å². The minimum Gasteiger partial charge on any atom is -0.393 e. The number of aliphatic hydroxyl groups excluding tert-OH is 1. The quantitative estimate of drug-likeness (QED) is 0.723. The van der Waals surface area contributed by atoms with Gasteiger partial charge in [-0.25, -0.2) is 0 Å². The van der Waals surface area contributed by atoms with Crippen LogP contribution in [0.5, 0.6) is 0 Å². The second-order valence-corrected chi connectivity index (χ2v) is 11.3. The van der Waals surface area contributed by atoms with Gasteiger partial charge in [-0.05, 0) is 91.6 Å². The summed E-state index contributed by atoms with van der Waals surface area (Å²) in [7, 11) is 0. The van der Waals surface area contributed by atoms with E-state index in [0.717, 1.165) is 44.1 Å². The van der Waals surface area contributed by atoms with Crippen LogP contribution in [0.1, 0.15) is 71.3 Å². The maximum absolute atomic E-state index is 12.1. The van der Waals surface area contributed by atoms with Gasteiger partial charge in [0.1, 0.15) is 0 Å². The zero-order valence-corrected chi connectivity index (χ0v) is 18.6. The van der Waals surface area contributed by atoms with Crippen molar-refractivity contribution in [2.75, 3.05) is 0 Å². The predicted molar refractivity (Wildman–Crippen MR) is 118 cm³/mol. The number of hydrogen-bond acceptors (Lipinski definition) is 3. The van der Waals surface area contributed by atoms with Crippen LogP contribution in [-0.4, -0.2) is 22.1 Å². The molecule has 0 heterocycles. The van der Waals surface area contributed by atoms with Gasteiger partial charge in [-0.3, -0.25) is 4.79 Å². The summed E-state index contributed by atoms with van der Waals surface area (Å²) in [6.45, 7) is 6.62. The summed E-state index contributed by atoms with van der Waals surface area (Å²) in [5.74, 6) is 1.65. The first kappa shape index (κ1) is 20.5. The molecule has 162 valence electrons. The molecule has 0 radical (unpaired) electrons. The fourth-order valence-electron chi connectivity index (χ4n) is 8.59. The third kappa shape index (κ3) is 2.74. The average molecular weight is 409 g/mol. The zero-order chi connectivity index (χ0) is 21.3. The van der Waals surface area contributed by atoms with Crippen molar-refractivity contribution in [3.8, 4) is 0 Å². The Balaban J connectivity index is 1.50. The number of hydrogen-bond donors (Lipinski definition) is 2. The Morgan fingerprint density at radius 2 is 1.80 bits per heavy atom. The average Bonchev–Trinajstić information content (AvgIpc) is 3.06. The molecule has 4 aliphatic rings. The highest BCUT2D eigenvalue weighted by Crippen LogP contribution is 2.68. The first-order valence-corrected chi connectivity index (χ1v) is 11.9. The largest absolute Gasteiger partial charge is 0.393 e. The molecule has 3 saturated carbocycles. The van der Waals surface area contributed by atoms with E-state index in [-0.39, 0.29) is 34.6 Å². The Morgan fingerprint density at radius 1 is 1.07 bits per heavy atom. The molecule has 5 rings (SSSR count). The number of ketones is 1. The molecular weight excluding hydrogens is 372 g/mol. The first-order chi connectivity index (χ1) is 14.2. The van der Waals surface area contributed by atoms with Crippen LogP contribution in [0.15, 0.2) is 42.0 Å². The highest BCUT2D eigenvalue weighted by molar-refractivity contribution is 5.91. The van der Waals surface area contributed by atoms with Crippen molar-refractivity contribution in [2.45, 2.75) is 77.4 Å². The van der Waals surface area contributed by atoms with E-state index in [1.54, 1.807) is 0 Å². The van der Waals surface area contributed by atoms with Gasteiger partial charge >= 0.3 is 0 Å². The fourth-order valence-corrected chi connectivity index (χ4v) is 8.59. The lowest BCUT2D eigenvalue weighted by atomic mass is 9.45. The molecule has 0 aliphatic heterocycles. The number of rotatable bonds is 2. The first-order valence-electron chi connectivity index (χ1n) is 11.9. The molecule has 3 heteroatoms. The van der Waals surface area contributed by atoms with Crippen molar-refractivity contribution in [3.05, 3.63) is 47.5 Å². The van der Waals surface area contributed by atoms with Crippen LogP contribution >= 0.6 is 0 Å². The van der Waals surface area contributed by atoms with E-state index in [4.69, 9.17) is 0 Å². The molecule has 0 bridgehead atoms. The van der Waals surface area contributed by atoms with Crippen LogP contribution in [0.3, 0.4) is 0 Å². The molecule has 30 heavy (non-hydrogen) atoms. The Hall–Kier alpha value is -1.45. The van der Waals surface area contributed by atoms with E-state index in [1.807, 2.05) is 43.3 Å². The van der Waals surface area contributed by atoms with Crippen molar-refractivity contribution in [3.63, 3.8) is 0 Å². The van der Waals surface area contributed by atoms with E-state index >= 15 is 0 Å². The number of carbonyl (C=O) groups is 1. The third-order valence-electron chi connectivity index (χ3n) is 9.93. The van der Waals surface area contributed by atoms with Crippen molar-refractivity contribution in [1.82, 2.24) is 0 Å². The van der Waals surface area contributed by atoms with Crippen LogP contribution in [-0.2, 0) is 10.4 Å². The van der Waals surface area contributed by atoms with E-state index in [0.29, 0.717) is 18.3 Å². The van der Waals surface area contributed by atoms with Crippen molar-refractivity contribution >= 4 is 5.78 Å². The van der Waals surface area contributed by atoms with Gasteiger partial charge in [0.15, 0.2) is 5.78 Å². The maximum atomic E-state index is 12.1. The van der Waals surface area contributed by atoms with Crippen LogP contribution in [0, 0.1) is 34.5 Å². The van der Waals surface area contributed by atoms with Gasteiger partial charge in [0.05, 0.1) is 11.7 Å². The molecule has 0 aromatic heterocycles. The van der Waals surface area contributed by atoms with E-state index in [2.05, 4.69) is 13.8 Å². The number of aliphatic hydroxyl groups is 2. The predicted octanol–water partition coefficient (Wildman–Crippen LogP) is 5.01. The molecule has 4 aliphatic carbocycles. The standard InChI is InChI=1S/C27H36O3/c1-25-14-13-19(28)15-18(25)9-10-20-21-11-12-23(26(21,2)16-22(29)24(20)25)27(3,30)17-7-5-4-6-8-17/h4-8,15,20-24,29-30H,9-14,16H2,1-3H3/t20-,21-,22-,23-,24+,25-,26-,27-/m0/s1. The van der Waals surface area contributed by atoms with Gasteiger partial charge in [0, 0.05) is 6.42 Å². The molecule has 3 nitrogen and oxygen atoms in total. The summed E-state index contributed by atoms with van der Waals surface area (Å²) in [5.41, 5.74) is 1.27. The molecule has 0 saturated heterocycles. The van der Waals surface area contributed by atoms with E-state index < -0.39 is 5.60 Å². The summed E-state index contributed by atoms with van der Waals surface area (Å²) in [5, 5.41) is 23.3. The fraction of sp³-hybridized carbons (Fsp3) is 0.667. The van der Waals surface area contributed by atoms with E-state index in [9.17, 15) is 15.0 Å². The minimum atomic E-state index is -0.891. The Kier molecular flexibility index (Phi) is 4.62. The summed E-state index contributed by atoms with van der Waals surface area (Å²) in [6, 6.07) is 10.1. The molecule has 2 N–H and O–H groups in total. The van der Waals surface area contributed by atoms with Gasteiger partial charge < -0.3 is 10.2 Å². The Labute approximate surface area is 180 Å². The SMILES string of the molecule is C[C@]12C[C@H](O)[C@H]3[C@@H](CCC4=CC(=O)CC[C@@]43C)[C@@H]1CC[C@@H]2[C@@](C)(O)c1ccccc1. The van der Waals surface area contributed by atoms with Gasteiger partial charge in [-0.2, -0.15) is 0 Å². The van der Waals surface area contributed by atoms with Gasteiger partial charge in [-0.1, -0.05) is 49.8 Å². The number of fused-ring (bicyclic) bond motifs is 5. The van der Waals surface area contributed by atoms with Crippen molar-refractivity contribution < 1.29 is 15.0 Å². The lowest BCUT2D eigenvalue weighted by Crippen LogP contribution is -2.58. The zero-order valence-electron chi connectivity index (χ0n) is 18.6. The molecule has 0 unspecified atom stereocenters. The Morgan fingerprint density at radius 3 is 2.53 bits per heavy atom. The highest BCUT2D eigenvalue weighted by atomic mass is 16.3. The van der Waals surface area contributed by atoms with E-state index in [1.165, 1.54) is 5.57 Å². The molecule has 1 aromatic carbocycles. The summed E-state index contributed by atoms with van der Waals surface area (Å²) in [6.07, 6.45) is 7.97. The second-order valence-electron chi connectivity index (χ2n) is 11.3. The molecule has 0 spiro atoms. The third-order valence-corrected chi connectivity index (χ3v) is 9.93. The number of allylic oxidation sites excluding steroid dienone is 1. The smallest absolute Gasteiger partial charge is 0.155 e. The van der Waals surface area contributed by atoms with Gasteiger partial charge in [-0.15, -0.1) is 0 Å². The summed E-state index contributed by atoms with van der Waals surface area (Å²) >= 11 is 0. The van der Waals surface area contributed by atoms with Crippen LogP contribution in [0.4, 0.5) is 0 Å². The summed E-state index contributed by atoms with van der Waals surface area (Å²) < 4.78 is 0. The topological polar surface area (TPSA) is 57.5 Å². The highest BCUT2D eigenvalue weighted by Gasteiger charge is 2.64. The van der Waals surface area contributed by atoms with Crippen LogP contribution in [0.2, 0.25) is 0 Å². The molecule has 3 fully saturated rings. The molecular formula is C27H36O3. The van der Waals surface area contributed by atoms with Crippen LogP contribution in [0.25, 0.3) is 0 Å². The lowest BCUT2D eigenvalue weighted by molar-refractivity contribution is -0.155. The van der Waals surface area contributed by atoms with Crippen molar-refractivity contribution in [1.29, 1.82) is 0 Å². The second kappa shape index (κ2) is 6.77. The Bertz CT molecular complexity index is 871. The summed E-state index contributed by atoms with van der Waals surface area (Å²) in [4.78, 5) is 12.1. The monoisotopic (exact) mass is 408 g/mol. The van der Waals surface area contributed by atoms with Crippen molar-refractivity contribution in [2.24, 2.45) is 34.5 Å². The molecule has 8 atom stereocenters. The number of benzene rings is 1. The van der Waals surface area contributed by atoms with Gasteiger partial charge in [0.25, 0.3) is 0 Å². The molecule has 1 aromatic rings. The minimum absolute atomic E-state index is 0.0440. The lowest BCUT2D eigenvalue weighted by Gasteiger charge is -2.60. The maximum Gasteiger partial charge on any atom is 0.155 e. The van der Waals surface area contributed by atoms with Crippen LogP contribution < -0.4 is 0 Å². The normalized spacial score (nSPS) is 45.0. The number of carbonyl (C=O) groups excluding carboxylic acids is 1.